The van der Waals surface area contributed by atoms with Gasteiger partial charge in [-0.15, -0.1) is 0 Å². The molecule has 100 valence electrons. The number of halogens is 2. The number of benzene rings is 1. The minimum Gasteiger partial charge on any atom is -0.324 e. The number of nitrogens with zero attached hydrogens (tertiary/aromatic N) is 2. The van der Waals surface area contributed by atoms with Gasteiger partial charge in [0, 0.05) is 11.9 Å². The highest BCUT2D eigenvalue weighted by Crippen LogP contribution is 2.25. The maximum absolute atomic E-state index is 12.1. The van der Waals surface area contributed by atoms with Crippen molar-refractivity contribution in [3.63, 3.8) is 0 Å². The Balaban J connectivity index is 2.10. The summed E-state index contributed by atoms with van der Waals surface area (Å²) in [6, 6.07) is 4.56. The van der Waals surface area contributed by atoms with E-state index in [0.717, 1.165) is 5.56 Å². The van der Waals surface area contributed by atoms with Gasteiger partial charge in [-0.3, -0.25) is 9.48 Å². The molecule has 1 unspecified atom stereocenters. The molecule has 0 spiro atoms. The van der Waals surface area contributed by atoms with Crippen molar-refractivity contribution in [2.45, 2.75) is 19.9 Å². The number of amides is 1. The van der Waals surface area contributed by atoms with Gasteiger partial charge in [-0.2, -0.15) is 5.10 Å². The van der Waals surface area contributed by atoms with Gasteiger partial charge in [0.1, 0.15) is 6.04 Å². The Hall–Kier alpha value is -1.52. The number of anilines is 1. The largest absolute Gasteiger partial charge is 0.324 e. The molecule has 2 rings (SSSR count). The topological polar surface area (TPSA) is 46.9 Å². The number of rotatable bonds is 3. The van der Waals surface area contributed by atoms with E-state index < -0.39 is 6.04 Å². The Kier molecular flexibility index (Phi) is 4.12. The lowest BCUT2D eigenvalue weighted by Crippen LogP contribution is -2.24. The first kappa shape index (κ1) is 13.9. The van der Waals surface area contributed by atoms with Crippen molar-refractivity contribution >= 4 is 34.8 Å². The Bertz CT molecular complexity index is 610. The van der Waals surface area contributed by atoms with Gasteiger partial charge < -0.3 is 5.32 Å². The van der Waals surface area contributed by atoms with E-state index in [1.54, 1.807) is 36.0 Å². The molecule has 0 fully saturated rings. The zero-order valence-corrected chi connectivity index (χ0v) is 12.0. The van der Waals surface area contributed by atoms with Gasteiger partial charge in [0.05, 0.1) is 16.2 Å². The SMILES string of the molecule is Cc1cnn(C(C)C(=O)Nc2ccc(Cl)c(Cl)c2)c1. The summed E-state index contributed by atoms with van der Waals surface area (Å²) >= 11 is 11.7. The number of nitrogens with one attached hydrogen (secondary N) is 1. The number of aryl methyl sites for hydroxylation is 1. The van der Waals surface area contributed by atoms with E-state index in [9.17, 15) is 4.79 Å². The van der Waals surface area contributed by atoms with Gasteiger partial charge in [-0.25, -0.2) is 0 Å². The second kappa shape index (κ2) is 5.63. The molecule has 0 bridgehead atoms. The van der Waals surface area contributed by atoms with Crippen molar-refractivity contribution in [3.05, 3.63) is 46.2 Å². The lowest BCUT2D eigenvalue weighted by Gasteiger charge is -2.13. The van der Waals surface area contributed by atoms with Crippen LogP contribution in [0.3, 0.4) is 0 Å². The van der Waals surface area contributed by atoms with Crippen molar-refractivity contribution in [3.8, 4) is 0 Å². The van der Waals surface area contributed by atoms with E-state index in [1.807, 2.05) is 13.1 Å². The molecular formula is C13H13Cl2N3O. The number of carbonyl (C=O) groups excluding carboxylic acids is 1. The van der Waals surface area contributed by atoms with Crippen LogP contribution in [0.2, 0.25) is 10.0 Å². The third-order valence-electron chi connectivity index (χ3n) is 2.69. The molecule has 0 radical (unpaired) electrons. The van der Waals surface area contributed by atoms with Gasteiger partial charge in [0.2, 0.25) is 5.91 Å². The van der Waals surface area contributed by atoms with Crippen LogP contribution in [-0.4, -0.2) is 15.7 Å². The van der Waals surface area contributed by atoms with Crippen molar-refractivity contribution in [1.29, 1.82) is 0 Å². The van der Waals surface area contributed by atoms with Crippen LogP contribution in [0.4, 0.5) is 5.69 Å². The van der Waals surface area contributed by atoms with E-state index in [0.29, 0.717) is 15.7 Å². The fourth-order valence-electron chi connectivity index (χ4n) is 1.59. The van der Waals surface area contributed by atoms with Crippen molar-refractivity contribution in [2.24, 2.45) is 0 Å². The molecule has 0 aliphatic rings. The molecule has 0 aliphatic heterocycles. The van der Waals surface area contributed by atoms with E-state index in [-0.39, 0.29) is 5.91 Å². The van der Waals surface area contributed by atoms with Gasteiger partial charge in [0.15, 0.2) is 0 Å². The van der Waals surface area contributed by atoms with E-state index in [2.05, 4.69) is 10.4 Å². The summed E-state index contributed by atoms with van der Waals surface area (Å²) in [6.45, 7) is 3.70. The van der Waals surface area contributed by atoms with Crippen LogP contribution in [0.5, 0.6) is 0 Å². The highest BCUT2D eigenvalue weighted by molar-refractivity contribution is 6.42. The Morgan fingerprint density at radius 1 is 1.37 bits per heavy atom. The first-order valence-electron chi connectivity index (χ1n) is 5.74. The fourth-order valence-corrected chi connectivity index (χ4v) is 1.88. The Morgan fingerprint density at radius 2 is 2.11 bits per heavy atom. The molecule has 0 aliphatic carbocycles. The minimum absolute atomic E-state index is 0.165. The molecule has 19 heavy (non-hydrogen) atoms. The standard InChI is InChI=1S/C13H13Cl2N3O/c1-8-6-16-18(7-8)9(2)13(19)17-10-3-4-11(14)12(15)5-10/h3-7,9H,1-2H3,(H,17,19). The zero-order chi connectivity index (χ0) is 14.0. The molecule has 4 nitrogen and oxygen atoms in total. The molecule has 1 aromatic carbocycles. The minimum atomic E-state index is -0.400. The number of hydrogen-bond donors (Lipinski definition) is 1. The van der Waals surface area contributed by atoms with Gasteiger partial charge in [0.25, 0.3) is 0 Å². The fraction of sp³-hybridized carbons (Fsp3) is 0.231. The van der Waals surface area contributed by atoms with Crippen LogP contribution < -0.4 is 5.32 Å². The third-order valence-corrected chi connectivity index (χ3v) is 3.43. The highest BCUT2D eigenvalue weighted by Gasteiger charge is 2.16. The van der Waals surface area contributed by atoms with Gasteiger partial charge >= 0.3 is 0 Å². The Labute approximate surface area is 121 Å². The van der Waals surface area contributed by atoms with Crippen molar-refractivity contribution in [2.75, 3.05) is 5.32 Å². The van der Waals surface area contributed by atoms with Crippen LogP contribution in [-0.2, 0) is 4.79 Å². The third kappa shape index (κ3) is 3.28. The molecule has 1 N–H and O–H groups in total. The van der Waals surface area contributed by atoms with Crippen molar-refractivity contribution in [1.82, 2.24) is 9.78 Å². The molecule has 1 amide bonds. The molecule has 1 atom stereocenters. The monoisotopic (exact) mass is 297 g/mol. The molecule has 2 aromatic rings. The first-order valence-corrected chi connectivity index (χ1v) is 6.49. The van der Waals surface area contributed by atoms with Crippen LogP contribution in [0.25, 0.3) is 0 Å². The smallest absolute Gasteiger partial charge is 0.248 e. The van der Waals surface area contributed by atoms with E-state index in [4.69, 9.17) is 23.2 Å². The average Bonchev–Trinajstić information content (AvgIpc) is 2.79. The van der Waals surface area contributed by atoms with E-state index >= 15 is 0 Å². The number of carbonyl (C=O) groups is 1. The summed E-state index contributed by atoms with van der Waals surface area (Å²) < 4.78 is 1.61. The highest BCUT2D eigenvalue weighted by atomic mass is 35.5. The van der Waals surface area contributed by atoms with Gasteiger partial charge in [-0.1, -0.05) is 23.2 Å². The molecular weight excluding hydrogens is 285 g/mol. The molecule has 6 heteroatoms. The molecule has 1 aromatic heterocycles. The van der Waals surface area contributed by atoms with E-state index in [1.165, 1.54) is 0 Å². The summed E-state index contributed by atoms with van der Waals surface area (Å²) in [5, 5.41) is 7.75. The lowest BCUT2D eigenvalue weighted by molar-refractivity contribution is -0.119. The summed E-state index contributed by atoms with van der Waals surface area (Å²) in [6.07, 6.45) is 3.53. The normalized spacial score (nSPS) is 12.2. The summed E-state index contributed by atoms with van der Waals surface area (Å²) in [4.78, 5) is 12.1. The predicted molar refractivity (Wildman–Crippen MR) is 76.8 cm³/mol. The maximum Gasteiger partial charge on any atom is 0.248 e. The number of hydrogen-bond acceptors (Lipinski definition) is 2. The van der Waals surface area contributed by atoms with Gasteiger partial charge in [-0.05, 0) is 37.6 Å². The second-order valence-corrected chi connectivity index (χ2v) is 5.11. The average molecular weight is 298 g/mol. The molecule has 1 heterocycles. The Morgan fingerprint density at radius 3 is 2.68 bits per heavy atom. The van der Waals surface area contributed by atoms with Crippen molar-refractivity contribution < 1.29 is 4.79 Å². The summed E-state index contributed by atoms with van der Waals surface area (Å²) in [7, 11) is 0. The van der Waals surface area contributed by atoms with Crippen LogP contribution in [0.15, 0.2) is 30.6 Å². The van der Waals surface area contributed by atoms with Crippen LogP contribution in [0.1, 0.15) is 18.5 Å². The predicted octanol–water partition coefficient (Wildman–Crippen LogP) is 3.70. The summed E-state index contributed by atoms with van der Waals surface area (Å²) in [5.41, 5.74) is 1.62. The van der Waals surface area contributed by atoms with Crippen LogP contribution in [0, 0.1) is 6.92 Å². The quantitative estimate of drug-likeness (QED) is 0.939. The molecule has 0 saturated heterocycles. The maximum atomic E-state index is 12.1. The lowest BCUT2D eigenvalue weighted by atomic mass is 10.2. The molecule has 0 saturated carbocycles. The van der Waals surface area contributed by atoms with Crippen LogP contribution >= 0.6 is 23.2 Å². The first-order chi connectivity index (χ1) is 8.97. The number of aromatic nitrogens is 2. The zero-order valence-electron chi connectivity index (χ0n) is 10.5. The summed E-state index contributed by atoms with van der Waals surface area (Å²) in [5.74, 6) is -0.165. The second-order valence-electron chi connectivity index (χ2n) is 4.29.